The monoisotopic (exact) mass is 240 g/mol. The van der Waals surface area contributed by atoms with Gasteiger partial charge in [-0.3, -0.25) is 4.79 Å². The van der Waals surface area contributed by atoms with Crippen LogP contribution >= 0.6 is 15.9 Å². The van der Waals surface area contributed by atoms with Crippen LogP contribution in [0.2, 0.25) is 0 Å². The van der Waals surface area contributed by atoms with Gasteiger partial charge in [-0.1, -0.05) is 22.0 Å². The Kier molecular flexibility index (Phi) is 3.71. The Morgan fingerprint density at radius 1 is 1.46 bits per heavy atom. The summed E-state index contributed by atoms with van der Waals surface area (Å²) in [4.78, 5) is 11.0. The number of hydrogen-bond acceptors (Lipinski definition) is 2. The maximum absolute atomic E-state index is 11.0. The molecule has 0 fully saturated rings. The van der Waals surface area contributed by atoms with E-state index < -0.39 is 0 Å². The Bertz CT molecular complexity index is 303. The van der Waals surface area contributed by atoms with Crippen LogP contribution in [0.5, 0.6) is 5.75 Å². The number of ether oxygens (including phenoxy) is 1. The Morgan fingerprint density at radius 3 is 2.62 bits per heavy atom. The van der Waals surface area contributed by atoms with Crippen LogP contribution in [0.1, 0.15) is 6.42 Å². The lowest BCUT2D eigenvalue weighted by molar-refractivity contribution is -0.133. The maximum atomic E-state index is 11.0. The van der Waals surface area contributed by atoms with Crippen LogP contribution in [0.3, 0.4) is 0 Å². The fourth-order valence-electron chi connectivity index (χ4n) is 0.794. The molecule has 0 aliphatic heterocycles. The van der Waals surface area contributed by atoms with Gasteiger partial charge in [-0.05, 0) is 24.3 Å². The van der Waals surface area contributed by atoms with Gasteiger partial charge in [0.1, 0.15) is 5.75 Å². The van der Waals surface area contributed by atoms with Crippen LogP contribution < -0.4 is 4.74 Å². The van der Waals surface area contributed by atoms with Gasteiger partial charge in [0.25, 0.3) is 0 Å². The zero-order chi connectivity index (χ0) is 9.68. The lowest BCUT2D eigenvalue weighted by Crippen LogP contribution is -2.05. The van der Waals surface area contributed by atoms with Crippen LogP contribution in [0.25, 0.3) is 0 Å². The van der Waals surface area contributed by atoms with E-state index in [0.717, 1.165) is 4.47 Å². The third kappa shape index (κ3) is 3.42. The predicted octanol–water partition coefficient (Wildman–Crippen LogP) is 2.93. The van der Waals surface area contributed by atoms with Crippen LogP contribution in [-0.4, -0.2) is 5.97 Å². The molecule has 2 nitrogen and oxygen atoms in total. The van der Waals surface area contributed by atoms with E-state index in [-0.39, 0.29) is 12.4 Å². The van der Waals surface area contributed by atoms with Crippen molar-refractivity contribution in [2.45, 2.75) is 6.42 Å². The molecule has 0 aliphatic carbocycles. The summed E-state index contributed by atoms with van der Waals surface area (Å²) in [6, 6.07) is 7.09. The first kappa shape index (κ1) is 9.99. The van der Waals surface area contributed by atoms with Crippen molar-refractivity contribution in [1.29, 1.82) is 0 Å². The van der Waals surface area contributed by atoms with Crippen molar-refractivity contribution in [1.82, 2.24) is 0 Å². The van der Waals surface area contributed by atoms with E-state index in [4.69, 9.17) is 4.74 Å². The van der Waals surface area contributed by atoms with E-state index in [0.29, 0.717) is 5.75 Å². The van der Waals surface area contributed by atoms with Crippen molar-refractivity contribution in [2.75, 3.05) is 0 Å². The molecular weight excluding hydrogens is 232 g/mol. The van der Waals surface area contributed by atoms with Gasteiger partial charge in [0.05, 0.1) is 6.42 Å². The number of carbonyl (C=O) groups is 1. The fourth-order valence-corrected chi connectivity index (χ4v) is 1.06. The third-order valence-electron chi connectivity index (χ3n) is 1.36. The van der Waals surface area contributed by atoms with E-state index in [2.05, 4.69) is 22.5 Å². The summed E-state index contributed by atoms with van der Waals surface area (Å²) < 4.78 is 5.93. The molecule has 0 aliphatic rings. The minimum atomic E-state index is -0.294. The standard InChI is InChI=1S/C10H9BrO2/c1-2-3-10(12)13-9-6-4-8(11)5-7-9/h2,4-7H,1,3H2. The van der Waals surface area contributed by atoms with Gasteiger partial charge in [0, 0.05) is 4.47 Å². The highest BCUT2D eigenvalue weighted by molar-refractivity contribution is 9.10. The van der Waals surface area contributed by atoms with E-state index in [1.807, 2.05) is 12.1 Å². The van der Waals surface area contributed by atoms with E-state index in [9.17, 15) is 4.79 Å². The highest BCUT2D eigenvalue weighted by Crippen LogP contribution is 2.16. The highest BCUT2D eigenvalue weighted by atomic mass is 79.9. The number of hydrogen-bond donors (Lipinski definition) is 0. The predicted molar refractivity (Wildman–Crippen MR) is 54.6 cm³/mol. The number of carbonyl (C=O) groups excluding carboxylic acids is 1. The number of benzene rings is 1. The molecule has 13 heavy (non-hydrogen) atoms. The van der Waals surface area contributed by atoms with Gasteiger partial charge >= 0.3 is 5.97 Å². The zero-order valence-corrected chi connectivity index (χ0v) is 8.58. The van der Waals surface area contributed by atoms with Gasteiger partial charge < -0.3 is 4.74 Å². The van der Waals surface area contributed by atoms with Crippen LogP contribution in [-0.2, 0) is 4.79 Å². The molecule has 0 heterocycles. The average molecular weight is 241 g/mol. The third-order valence-corrected chi connectivity index (χ3v) is 1.88. The molecule has 0 bridgehead atoms. The average Bonchev–Trinajstić information content (AvgIpc) is 2.09. The molecule has 0 unspecified atom stereocenters. The second-order valence-electron chi connectivity index (χ2n) is 2.42. The van der Waals surface area contributed by atoms with Gasteiger partial charge in [-0.15, -0.1) is 6.58 Å². The highest BCUT2D eigenvalue weighted by Gasteiger charge is 2.00. The maximum Gasteiger partial charge on any atom is 0.315 e. The first-order valence-corrected chi connectivity index (χ1v) is 4.59. The summed E-state index contributed by atoms with van der Waals surface area (Å²) >= 11 is 3.29. The zero-order valence-electron chi connectivity index (χ0n) is 7.00. The summed E-state index contributed by atoms with van der Waals surface area (Å²) in [6.07, 6.45) is 1.75. The molecule has 0 atom stereocenters. The SMILES string of the molecule is C=CCC(=O)Oc1ccc(Br)cc1. The Hall–Kier alpha value is -1.09. The Balaban J connectivity index is 2.59. The van der Waals surface area contributed by atoms with Crippen LogP contribution in [0.15, 0.2) is 41.4 Å². The first-order valence-electron chi connectivity index (χ1n) is 3.79. The normalized spacial score (nSPS) is 9.31. The smallest absolute Gasteiger partial charge is 0.315 e. The lowest BCUT2D eigenvalue weighted by atomic mass is 10.3. The second kappa shape index (κ2) is 4.82. The summed E-state index contributed by atoms with van der Waals surface area (Å²) in [5, 5.41) is 0. The molecule has 1 aromatic carbocycles. The quantitative estimate of drug-likeness (QED) is 0.462. The lowest BCUT2D eigenvalue weighted by Gasteiger charge is -2.01. The summed E-state index contributed by atoms with van der Waals surface area (Å²) in [5.74, 6) is 0.257. The van der Waals surface area contributed by atoms with Crippen molar-refractivity contribution >= 4 is 21.9 Å². The van der Waals surface area contributed by atoms with Crippen molar-refractivity contribution in [3.8, 4) is 5.75 Å². The number of halogens is 1. The molecule has 0 N–H and O–H groups in total. The fraction of sp³-hybridized carbons (Fsp3) is 0.100. The van der Waals surface area contributed by atoms with Gasteiger partial charge in [-0.2, -0.15) is 0 Å². The minimum absolute atomic E-state index is 0.232. The van der Waals surface area contributed by atoms with Gasteiger partial charge in [-0.25, -0.2) is 0 Å². The number of esters is 1. The molecular formula is C10H9BrO2. The van der Waals surface area contributed by atoms with Crippen molar-refractivity contribution in [3.05, 3.63) is 41.4 Å². The molecule has 0 spiro atoms. The van der Waals surface area contributed by atoms with Crippen LogP contribution in [0.4, 0.5) is 0 Å². The van der Waals surface area contributed by atoms with Crippen molar-refractivity contribution < 1.29 is 9.53 Å². The molecule has 68 valence electrons. The Labute approximate surface area is 85.3 Å². The van der Waals surface area contributed by atoms with Gasteiger partial charge in [0.15, 0.2) is 0 Å². The number of rotatable bonds is 3. The second-order valence-corrected chi connectivity index (χ2v) is 3.34. The van der Waals surface area contributed by atoms with E-state index >= 15 is 0 Å². The summed E-state index contributed by atoms with van der Waals surface area (Å²) in [7, 11) is 0. The molecule has 1 rings (SSSR count). The largest absolute Gasteiger partial charge is 0.426 e. The molecule has 0 saturated carbocycles. The van der Waals surface area contributed by atoms with E-state index in [1.54, 1.807) is 12.1 Å². The first-order chi connectivity index (χ1) is 6.22. The molecule has 0 aromatic heterocycles. The molecule has 0 amide bonds. The molecule has 3 heteroatoms. The van der Waals surface area contributed by atoms with Crippen molar-refractivity contribution in [2.24, 2.45) is 0 Å². The van der Waals surface area contributed by atoms with E-state index in [1.165, 1.54) is 6.08 Å². The molecule has 0 radical (unpaired) electrons. The minimum Gasteiger partial charge on any atom is -0.426 e. The van der Waals surface area contributed by atoms with Crippen molar-refractivity contribution in [3.63, 3.8) is 0 Å². The topological polar surface area (TPSA) is 26.3 Å². The van der Waals surface area contributed by atoms with Crippen LogP contribution in [0, 0.1) is 0 Å². The summed E-state index contributed by atoms with van der Waals surface area (Å²) in [6.45, 7) is 3.45. The molecule has 0 saturated heterocycles. The Morgan fingerprint density at radius 2 is 2.08 bits per heavy atom. The molecule has 1 aromatic rings. The summed E-state index contributed by atoms with van der Waals surface area (Å²) in [5.41, 5.74) is 0. The van der Waals surface area contributed by atoms with Gasteiger partial charge in [0.2, 0.25) is 0 Å².